The largest absolute Gasteiger partial charge is 0.335 e. The van der Waals surface area contributed by atoms with Gasteiger partial charge in [0.1, 0.15) is 5.82 Å². The van der Waals surface area contributed by atoms with Crippen molar-refractivity contribution >= 4 is 0 Å². The molecule has 0 radical (unpaired) electrons. The molecular formula is C42H66N2. The van der Waals surface area contributed by atoms with Crippen LogP contribution < -0.4 is 0 Å². The van der Waals surface area contributed by atoms with E-state index in [1.807, 2.05) is 0 Å². The molecule has 2 unspecified atom stereocenters. The lowest BCUT2D eigenvalue weighted by atomic mass is 9.66. The molecule has 0 amide bonds. The van der Waals surface area contributed by atoms with Crippen molar-refractivity contribution in [3.05, 3.63) is 90.0 Å². The molecule has 1 aromatic heterocycles. The van der Waals surface area contributed by atoms with Crippen LogP contribution in [0, 0.1) is 0 Å². The van der Waals surface area contributed by atoms with Crippen LogP contribution in [0.15, 0.2) is 73.1 Å². The van der Waals surface area contributed by atoms with Crippen molar-refractivity contribution < 1.29 is 0 Å². The number of hydrogen-bond acceptors (Lipinski definition) is 1. The van der Waals surface area contributed by atoms with E-state index in [-0.39, 0.29) is 5.41 Å². The summed E-state index contributed by atoms with van der Waals surface area (Å²) >= 11 is 0. The number of hydrogen-bond donors (Lipinski definition) is 0. The molecule has 0 saturated carbocycles. The Morgan fingerprint density at radius 2 is 1.07 bits per heavy atom. The van der Waals surface area contributed by atoms with Crippen molar-refractivity contribution in [3.8, 4) is 0 Å². The second-order valence-electron chi connectivity index (χ2n) is 13.8. The first-order chi connectivity index (χ1) is 21.7. The average Bonchev–Trinajstić information content (AvgIpc) is 3.51. The lowest BCUT2D eigenvalue weighted by molar-refractivity contribution is 0.321. The Morgan fingerprint density at radius 1 is 0.591 bits per heavy atom. The Hall–Kier alpha value is -2.35. The fourth-order valence-electron chi connectivity index (χ4n) is 7.25. The van der Waals surface area contributed by atoms with Crippen molar-refractivity contribution in [3.63, 3.8) is 0 Å². The van der Waals surface area contributed by atoms with E-state index in [4.69, 9.17) is 4.98 Å². The summed E-state index contributed by atoms with van der Waals surface area (Å²) in [7, 11) is 0. The van der Waals surface area contributed by atoms with Crippen molar-refractivity contribution in [1.82, 2.24) is 9.55 Å². The lowest BCUT2D eigenvalue weighted by Crippen LogP contribution is -2.35. The quantitative estimate of drug-likeness (QED) is 0.0840. The summed E-state index contributed by atoms with van der Waals surface area (Å²) in [5, 5.41) is 0. The first-order valence-electron chi connectivity index (χ1n) is 18.8. The van der Waals surface area contributed by atoms with Crippen LogP contribution in [0.25, 0.3) is 0 Å². The molecule has 0 aliphatic heterocycles. The molecular weight excluding hydrogens is 532 g/mol. The highest BCUT2D eigenvalue weighted by atomic mass is 15.1. The van der Waals surface area contributed by atoms with Gasteiger partial charge in [0.25, 0.3) is 0 Å². The number of unbranched alkanes of at least 4 members (excludes halogenated alkanes) is 17. The third-order valence-electron chi connectivity index (χ3n) is 10.0. The van der Waals surface area contributed by atoms with E-state index in [2.05, 4.69) is 98.4 Å². The molecule has 2 heteroatoms. The Labute approximate surface area is 272 Å². The predicted octanol–water partition coefficient (Wildman–Crippen LogP) is 13.0. The molecule has 3 aromatic rings. The van der Waals surface area contributed by atoms with Crippen LogP contribution in [-0.4, -0.2) is 9.55 Å². The zero-order valence-electron chi connectivity index (χ0n) is 29.0. The van der Waals surface area contributed by atoms with Gasteiger partial charge in [-0.3, -0.25) is 0 Å². The van der Waals surface area contributed by atoms with E-state index in [0.717, 1.165) is 13.0 Å². The van der Waals surface area contributed by atoms with Crippen LogP contribution in [0.2, 0.25) is 0 Å². The smallest absolute Gasteiger partial charge is 0.112 e. The third-order valence-corrected chi connectivity index (χ3v) is 10.0. The summed E-state index contributed by atoms with van der Waals surface area (Å²) in [6.45, 7) is 8.22. The van der Waals surface area contributed by atoms with Gasteiger partial charge in [-0.25, -0.2) is 4.98 Å². The second-order valence-corrected chi connectivity index (χ2v) is 13.8. The zero-order valence-corrected chi connectivity index (χ0v) is 29.0. The molecule has 0 aliphatic rings. The standard InChI is InChI=1S/C42H66N2/c1-4-6-8-10-12-13-14-15-16-18-20-28-35-44-36-34-43-41(44)40(33-27-19-17-11-9-7-5-2)42(3,39-31-25-22-26-32-39)37-38-29-23-21-24-30-38/h21-26,29-32,34,36,40H,4-20,27-28,33,35,37H2,1-3H3. The first-order valence-corrected chi connectivity index (χ1v) is 18.8. The average molecular weight is 599 g/mol. The van der Waals surface area contributed by atoms with E-state index in [0.29, 0.717) is 5.92 Å². The summed E-state index contributed by atoms with van der Waals surface area (Å²) in [6, 6.07) is 22.5. The monoisotopic (exact) mass is 599 g/mol. The SMILES string of the molecule is CCCCCCCCCCCCCCn1ccnc1C(CCCCCCCCC)C(C)(Cc1ccccc1)c1ccccc1. The van der Waals surface area contributed by atoms with Crippen LogP contribution in [0.3, 0.4) is 0 Å². The topological polar surface area (TPSA) is 17.8 Å². The molecule has 0 N–H and O–H groups in total. The molecule has 0 fully saturated rings. The van der Waals surface area contributed by atoms with Crippen LogP contribution in [0.4, 0.5) is 0 Å². The van der Waals surface area contributed by atoms with Crippen LogP contribution in [0.1, 0.15) is 172 Å². The molecule has 44 heavy (non-hydrogen) atoms. The van der Waals surface area contributed by atoms with E-state index in [1.54, 1.807) is 0 Å². The number of rotatable bonds is 26. The van der Waals surface area contributed by atoms with Gasteiger partial charge >= 0.3 is 0 Å². The van der Waals surface area contributed by atoms with Crippen LogP contribution in [-0.2, 0) is 18.4 Å². The maximum Gasteiger partial charge on any atom is 0.112 e. The maximum absolute atomic E-state index is 5.13. The fourth-order valence-corrected chi connectivity index (χ4v) is 7.25. The van der Waals surface area contributed by atoms with Gasteiger partial charge in [-0.1, -0.05) is 197 Å². The molecule has 2 nitrogen and oxygen atoms in total. The Morgan fingerprint density at radius 3 is 1.61 bits per heavy atom. The van der Waals surface area contributed by atoms with E-state index < -0.39 is 0 Å². The Balaban J connectivity index is 1.64. The summed E-state index contributed by atoms with van der Waals surface area (Å²) in [4.78, 5) is 5.13. The minimum atomic E-state index is -0.0233. The summed E-state index contributed by atoms with van der Waals surface area (Å²) in [5.74, 6) is 1.69. The number of imidazole rings is 1. The van der Waals surface area contributed by atoms with Crippen LogP contribution in [0.5, 0.6) is 0 Å². The Kier molecular flexibility index (Phi) is 18.2. The molecule has 2 aromatic carbocycles. The maximum atomic E-state index is 5.13. The normalized spacial score (nSPS) is 13.6. The second kappa shape index (κ2) is 22.2. The lowest BCUT2D eigenvalue weighted by Gasteiger charge is -2.39. The minimum Gasteiger partial charge on any atom is -0.335 e. The predicted molar refractivity (Wildman–Crippen MR) is 193 cm³/mol. The first kappa shape index (κ1) is 36.1. The third kappa shape index (κ3) is 12.9. The number of nitrogens with zero attached hydrogens (tertiary/aromatic N) is 2. The van der Waals surface area contributed by atoms with Gasteiger partial charge in [0.05, 0.1) is 0 Å². The molecule has 244 valence electrons. The van der Waals surface area contributed by atoms with Crippen molar-refractivity contribution in [2.75, 3.05) is 0 Å². The molecule has 1 heterocycles. The molecule has 0 saturated heterocycles. The molecule has 0 bridgehead atoms. The highest BCUT2D eigenvalue weighted by molar-refractivity contribution is 5.33. The Bertz CT molecular complexity index is 1070. The fraction of sp³-hybridized carbons (Fsp3) is 0.643. The van der Waals surface area contributed by atoms with Gasteiger partial charge in [0.2, 0.25) is 0 Å². The summed E-state index contributed by atoms with van der Waals surface area (Å²) in [5.41, 5.74) is 2.84. The van der Waals surface area contributed by atoms with Gasteiger partial charge in [-0.05, 0) is 30.4 Å². The number of aryl methyl sites for hydroxylation is 1. The van der Waals surface area contributed by atoms with Gasteiger partial charge in [-0.2, -0.15) is 0 Å². The van der Waals surface area contributed by atoms with Gasteiger partial charge < -0.3 is 4.57 Å². The van der Waals surface area contributed by atoms with Crippen molar-refractivity contribution in [1.29, 1.82) is 0 Å². The molecule has 0 spiro atoms. The molecule has 3 rings (SSSR count). The highest BCUT2D eigenvalue weighted by Gasteiger charge is 2.39. The van der Waals surface area contributed by atoms with Crippen molar-refractivity contribution in [2.45, 2.75) is 173 Å². The van der Waals surface area contributed by atoms with Gasteiger partial charge in [0, 0.05) is 30.3 Å². The number of aromatic nitrogens is 2. The minimum absolute atomic E-state index is 0.0233. The van der Waals surface area contributed by atoms with Gasteiger partial charge in [-0.15, -0.1) is 0 Å². The summed E-state index contributed by atoms with van der Waals surface area (Å²) in [6.07, 6.45) is 32.7. The number of benzene rings is 2. The van der Waals surface area contributed by atoms with E-state index >= 15 is 0 Å². The van der Waals surface area contributed by atoms with E-state index in [1.165, 1.54) is 145 Å². The van der Waals surface area contributed by atoms with Crippen LogP contribution >= 0.6 is 0 Å². The molecule has 0 aliphatic carbocycles. The zero-order chi connectivity index (χ0) is 31.1. The van der Waals surface area contributed by atoms with Crippen molar-refractivity contribution in [2.24, 2.45) is 0 Å². The highest BCUT2D eigenvalue weighted by Crippen LogP contribution is 2.44. The van der Waals surface area contributed by atoms with E-state index in [9.17, 15) is 0 Å². The summed E-state index contributed by atoms with van der Waals surface area (Å²) < 4.78 is 2.52. The van der Waals surface area contributed by atoms with Gasteiger partial charge in [0.15, 0.2) is 0 Å². The molecule has 2 atom stereocenters.